The molecule has 28 heavy (non-hydrogen) atoms. The molecular weight excluding hydrogens is 398 g/mol. The molecule has 5 nitrogen and oxygen atoms in total. The van der Waals surface area contributed by atoms with Crippen LogP contribution in [0.15, 0.2) is 47.4 Å². The van der Waals surface area contributed by atoms with Gasteiger partial charge in [-0.05, 0) is 49.6 Å². The largest absolute Gasteiger partial charge is 0.452 e. The molecule has 0 bridgehead atoms. The Labute approximate surface area is 173 Å². The highest BCUT2D eigenvalue weighted by Gasteiger charge is 2.19. The number of esters is 1. The minimum absolute atomic E-state index is 0.223. The zero-order valence-corrected chi connectivity index (χ0v) is 17.1. The van der Waals surface area contributed by atoms with Crippen molar-refractivity contribution in [3.05, 3.63) is 58.6 Å². The highest BCUT2D eigenvalue weighted by atomic mass is 35.5. The maximum absolute atomic E-state index is 12.5. The topological polar surface area (TPSA) is 64.6 Å². The number of amides is 1. The molecule has 2 aromatic rings. The highest BCUT2D eigenvalue weighted by molar-refractivity contribution is 7.99. The van der Waals surface area contributed by atoms with Crippen LogP contribution < -0.4 is 5.32 Å². The van der Waals surface area contributed by atoms with Crippen LogP contribution in [0.2, 0.25) is 5.02 Å². The Bertz CT molecular complexity index is 852. The lowest BCUT2D eigenvalue weighted by Gasteiger charge is -2.12. The third-order valence-corrected chi connectivity index (χ3v) is 6.05. The molecule has 1 amide bonds. The van der Waals surface area contributed by atoms with E-state index in [0.29, 0.717) is 16.3 Å². The standard InChI is InChI=1S/C21H22ClNO4S/c1-14-17(22)8-4-9-18(14)23-20(24)12-27-21(25)16-7-2-3-10-19(16)28-13-15-6-5-11-26-15/h2-4,7-10,15H,5-6,11-13H2,1H3,(H,23,24)/t15-/m0/s1. The lowest BCUT2D eigenvalue weighted by atomic mass is 10.2. The van der Waals surface area contributed by atoms with Crippen molar-refractivity contribution in [1.82, 2.24) is 0 Å². The first-order valence-corrected chi connectivity index (χ1v) is 10.5. The monoisotopic (exact) mass is 419 g/mol. The lowest BCUT2D eigenvalue weighted by molar-refractivity contribution is -0.119. The summed E-state index contributed by atoms with van der Waals surface area (Å²) in [5.74, 6) is -0.143. The molecule has 0 aliphatic carbocycles. The van der Waals surface area contributed by atoms with E-state index < -0.39 is 11.9 Å². The van der Waals surface area contributed by atoms with Crippen LogP contribution in [-0.4, -0.2) is 36.9 Å². The number of hydrogen-bond donors (Lipinski definition) is 1. The van der Waals surface area contributed by atoms with Crippen LogP contribution in [0.1, 0.15) is 28.8 Å². The molecule has 1 heterocycles. The van der Waals surface area contributed by atoms with Gasteiger partial charge in [-0.25, -0.2) is 4.79 Å². The van der Waals surface area contributed by atoms with Crippen molar-refractivity contribution < 1.29 is 19.1 Å². The summed E-state index contributed by atoms with van der Waals surface area (Å²) >= 11 is 7.62. The summed E-state index contributed by atoms with van der Waals surface area (Å²) in [4.78, 5) is 25.4. The van der Waals surface area contributed by atoms with Crippen molar-refractivity contribution in [3.63, 3.8) is 0 Å². The molecule has 1 atom stereocenters. The van der Waals surface area contributed by atoms with Gasteiger partial charge >= 0.3 is 5.97 Å². The Kier molecular flexibility index (Phi) is 7.36. The molecule has 0 unspecified atom stereocenters. The van der Waals surface area contributed by atoms with Crippen LogP contribution in [0.5, 0.6) is 0 Å². The smallest absolute Gasteiger partial charge is 0.339 e. The van der Waals surface area contributed by atoms with Gasteiger partial charge in [-0.15, -0.1) is 11.8 Å². The molecular formula is C21H22ClNO4S. The van der Waals surface area contributed by atoms with Gasteiger partial charge in [0.1, 0.15) is 0 Å². The van der Waals surface area contributed by atoms with E-state index in [1.807, 2.05) is 19.1 Å². The first-order chi connectivity index (χ1) is 13.5. The van der Waals surface area contributed by atoms with Gasteiger partial charge in [-0.1, -0.05) is 29.8 Å². The van der Waals surface area contributed by atoms with E-state index in [0.717, 1.165) is 35.7 Å². The third kappa shape index (κ3) is 5.50. The van der Waals surface area contributed by atoms with Crippen molar-refractivity contribution in [2.24, 2.45) is 0 Å². The molecule has 0 radical (unpaired) electrons. The van der Waals surface area contributed by atoms with Gasteiger partial charge in [-0.3, -0.25) is 4.79 Å². The summed E-state index contributed by atoms with van der Waals surface area (Å²) in [6.07, 6.45) is 2.35. The fraction of sp³-hybridized carbons (Fsp3) is 0.333. The first-order valence-electron chi connectivity index (χ1n) is 9.10. The quantitative estimate of drug-likeness (QED) is 0.519. The molecule has 0 spiro atoms. The van der Waals surface area contributed by atoms with E-state index in [2.05, 4.69) is 5.32 Å². The fourth-order valence-corrected chi connectivity index (χ4v) is 4.14. The van der Waals surface area contributed by atoms with Crippen molar-refractivity contribution in [3.8, 4) is 0 Å². The molecule has 1 aliphatic rings. The Morgan fingerprint density at radius 1 is 1.25 bits per heavy atom. The zero-order valence-electron chi connectivity index (χ0n) is 15.6. The summed E-state index contributed by atoms with van der Waals surface area (Å²) in [6.45, 7) is 2.25. The van der Waals surface area contributed by atoms with E-state index in [4.69, 9.17) is 21.1 Å². The van der Waals surface area contributed by atoms with E-state index in [9.17, 15) is 9.59 Å². The minimum Gasteiger partial charge on any atom is -0.452 e. The van der Waals surface area contributed by atoms with Gasteiger partial charge in [0.2, 0.25) is 0 Å². The van der Waals surface area contributed by atoms with E-state index in [1.165, 1.54) is 0 Å². The second-order valence-electron chi connectivity index (χ2n) is 6.48. The van der Waals surface area contributed by atoms with Gasteiger partial charge in [0.05, 0.1) is 11.7 Å². The molecule has 3 rings (SSSR count). The molecule has 0 aromatic heterocycles. The van der Waals surface area contributed by atoms with Crippen molar-refractivity contribution in [1.29, 1.82) is 0 Å². The summed E-state index contributed by atoms with van der Waals surface area (Å²) in [7, 11) is 0. The average molecular weight is 420 g/mol. The zero-order chi connectivity index (χ0) is 19.9. The molecule has 1 N–H and O–H groups in total. The predicted molar refractivity (Wildman–Crippen MR) is 111 cm³/mol. The summed E-state index contributed by atoms with van der Waals surface area (Å²) in [5, 5.41) is 3.27. The normalized spacial score (nSPS) is 16.0. The van der Waals surface area contributed by atoms with Crippen molar-refractivity contribution >= 4 is 40.9 Å². The third-order valence-electron chi connectivity index (χ3n) is 4.43. The Hall–Kier alpha value is -2.02. The molecule has 0 saturated carbocycles. The number of ether oxygens (including phenoxy) is 2. The average Bonchev–Trinajstić information content (AvgIpc) is 3.22. The maximum atomic E-state index is 12.5. The number of anilines is 1. The minimum atomic E-state index is -0.520. The highest BCUT2D eigenvalue weighted by Crippen LogP contribution is 2.27. The maximum Gasteiger partial charge on any atom is 0.339 e. The number of carbonyl (C=O) groups is 2. The second-order valence-corrected chi connectivity index (χ2v) is 7.95. The Morgan fingerprint density at radius 3 is 2.86 bits per heavy atom. The molecule has 148 valence electrons. The van der Waals surface area contributed by atoms with Gasteiger partial charge < -0.3 is 14.8 Å². The second kappa shape index (κ2) is 9.96. The van der Waals surface area contributed by atoms with E-state index in [-0.39, 0.29) is 12.7 Å². The first kappa shape index (κ1) is 20.7. The number of nitrogens with one attached hydrogen (secondary N) is 1. The summed E-state index contributed by atoms with van der Waals surface area (Å²) in [6, 6.07) is 12.5. The number of thioether (sulfide) groups is 1. The number of hydrogen-bond acceptors (Lipinski definition) is 5. The molecule has 7 heteroatoms. The number of carbonyl (C=O) groups excluding carboxylic acids is 2. The van der Waals surface area contributed by atoms with Crippen LogP contribution in [0.4, 0.5) is 5.69 Å². The SMILES string of the molecule is Cc1c(Cl)cccc1NC(=O)COC(=O)c1ccccc1SC[C@@H]1CCCO1. The van der Waals surface area contributed by atoms with E-state index >= 15 is 0 Å². The van der Waals surface area contributed by atoms with Crippen LogP contribution >= 0.6 is 23.4 Å². The molecule has 1 fully saturated rings. The van der Waals surface area contributed by atoms with Crippen molar-refractivity contribution in [2.45, 2.75) is 30.8 Å². The van der Waals surface area contributed by atoms with E-state index in [1.54, 1.807) is 42.1 Å². The van der Waals surface area contributed by atoms with Gasteiger partial charge in [-0.2, -0.15) is 0 Å². The fourth-order valence-electron chi connectivity index (χ4n) is 2.86. The van der Waals surface area contributed by atoms with Crippen molar-refractivity contribution in [2.75, 3.05) is 24.3 Å². The van der Waals surface area contributed by atoms with Crippen LogP contribution in [0.3, 0.4) is 0 Å². The molecule has 2 aromatic carbocycles. The van der Waals surface area contributed by atoms with Crippen LogP contribution in [-0.2, 0) is 14.3 Å². The number of halogens is 1. The van der Waals surface area contributed by atoms with Crippen LogP contribution in [0.25, 0.3) is 0 Å². The van der Waals surface area contributed by atoms with Gasteiger partial charge in [0.15, 0.2) is 6.61 Å². The predicted octanol–water partition coefficient (Wildman–Crippen LogP) is 4.72. The number of rotatable bonds is 7. The number of benzene rings is 2. The Morgan fingerprint density at radius 2 is 2.07 bits per heavy atom. The van der Waals surface area contributed by atoms with Gasteiger partial charge in [0, 0.05) is 28.0 Å². The Balaban J connectivity index is 1.55. The molecule has 1 saturated heterocycles. The van der Waals surface area contributed by atoms with Gasteiger partial charge in [0.25, 0.3) is 5.91 Å². The molecule has 1 aliphatic heterocycles. The summed E-state index contributed by atoms with van der Waals surface area (Å²) in [5.41, 5.74) is 1.82. The van der Waals surface area contributed by atoms with Crippen LogP contribution in [0, 0.1) is 6.92 Å². The lowest BCUT2D eigenvalue weighted by Crippen LogP contribution is -2.21. The summed E-state index contributed by atoms with van der Waals surface area (Å²) < 4.78 is 10.8.